The Kier molecular flexibility index (Phi) is 3.51. The number of nitrogens with zero attached hydrogens (tertiary/aromatic N) is 8. The maximum atomic E-state index is 4.55. The van der Waals surface area contributed by atoms with E-state index < -0.39 is 0 Å². The van der Waals surface area contributed by atoms with Gasteiger partial charge in [-0.1, -0.05) is 6.92 Å². The number of fused-ring (bicyclic) bond motifs is 2. The van der Waals surface area contributed by atoms with Crippen LogP contribution in [-0.4, -0.2) is 55.7 Å². The van der Waals surface area contributed by atoms with Crippen molar-refractivity contribution in [2.45, 2.75) is 13.3 Å². The maximum absolute atomic E-state index is 4.55. The summed E-state index contributed by atoms with van der Waals surface area (Å²) in [6.45, 7) is 6.12. The highest BCUT2D eigenvalue weighted by Crippen LogP contribution is 2.36. The number of aromatic nitrogens is 6. The standard InChI is InChI=1S/C18H22N8/c1-3-12-4-19-18(20-5-12)26-8-13-6-25(7-14(13)9-26)17-15-16(21-10-22-17)24(2)11-23-15/h4-5,10-11,13-14H,3,6-9H2,1-2H3. The van der Waals surface area contributed by atoms with Gasteiger partial charge in [0.25, 0.3) is 0 Å². The molecule has 5 rings (SSSR count). The van der Waals surface area contributed by atoms with E-state index in [0.717, 1.165) is 55.5 Å². The molecule has 0 bridgehead atoms. The number of hydrogen-bond acceptors (Lipinski definition) is 7. The van der Waals surface area contributed by atoms with Crippen LogP contribution in [-0.2, 0) is 13.5 Å². The normalized spacial score (nSPS) is 22.4. The first-order valence-electron chi connectivity index (χ1n) is 9.15. The molecule has 8 heteroatoms. The molecule has 2 unspecified atom stereocenters. The minimum absolute atomic E-state index is 0.609. The van der Waals surface area contributed by atoms with Crippen LogP contribution in [0, 0.1) is 11.8 Å². The quantitative estimate of drug-likeness (QED) is 0.704. The van der Waals surface area contributed by atoms with Gasteiger partial charge in [0, 0.05) is 57.5 Å². The number of anilines is 2. The van der Waals surface area contributed by atoms with Crippen molar-refractivity contribution in [1.82, 2.24) is 29.5 Å². The van der Waals surface area contributed by atoms with Crippen molar-refractivity contribution in [3.63, 3.8) is 0 Å². The van der Waals surface area contributed by atoms with Crippen LogP contribution >= 0.6 is 0 Å². The molecule has 5 heterocycles. The lowest BCUT2D eigenvalue weighted by molar-refractivity contribution is 0.533. The smallest absolute Gasteiger partial charge is 0.225 e. The summed E-state index contributed by atoms with van der Waals surface area (Å²) in [6, 6.07) is 0. The second-order valence-electron chi connectivity index (χ2n) is 7.30. The fourth-order valence-electron chi connectivity index (χ4n) is 4.19. The molecule has 0 N–H and O–H groups in total. The van der Waals surface area contributed by atoms with Gasteiger partial charge in [-0.15, -0.1) is 0 Å². The van der Waals surface area contributed by atoms with Gasteiger partial charge >= 0.3 is 0 Å². The Labute approximate surface area is 151 Å². The summed E-state index contributed by atoms with van der Waals surface area (Å²) >= 11 is 0. The predicted octanol–water partition coefficient (Wildman–Crippen LogP) is 1.29. The largest absolute Gasteiger partial charge is 0.354 e. The Morgan fingerprint density at radius 2 is 1.62 bits per heavy atom. The van der Waals surface area contributed by atoms with Crippen LogP contribution in [0.1, 0.15) is 12.5 Å². The van der Waals surface area contributed by atoms with Gasteiger partial charge in [-0.05, 0) is 12.0 Å². The molecule has 3 aromatic rings. The van der Waals surface area contributed by atoms with Crippen LogP contribution in [0.25, 0.3) is 11.2 Å². The average molecular weight is 350 g/mol. The lowest BCUT2D eigenvalue weighted by Crippen LogP contribution is -2.30. The minimum Gasteiger partial charge on any atom is -0.354 e. The van der Waals surface area contributed by atoms with Crippen LogP contribution < -0.4 is 9.80 Å². The van der Waals surface area contributed by atoms with E-state index in [1.54, 1.807) is 12.7 Å². The molecule has 3 aromatic heterocycles. The Hall–Kier alpha value is -2.77. The van der Waals surface area contributed by atoms with Crippen molar-refractivity contribution in [3.8, 4) is 0 Å². The van der Waals surface area contributed by atoms with Gasteiger partial charge < -0.3 is 14.4 Å². The molecule has 0 aromatic carbocycles. The van der Waals surface area contributed by atoms with Gasteiger partial charge in [-0.25, -0.2) is 24.9 Å². The lowest BCUT2D eigenvalue weighted by atomic mass is 10.0. The molecular formula is C18H22N8. The molecule has 0 radical (unpaired) electrons. The molecule has 0 saturated carbocycles. The van der Waals surface area contributed by atoms with Crippen molar-refractivity contribution in [2.75, 3.05) is 36.0 Å². The molecule has 8 nitrogen and oxygen atoms in total. The highest BCUT2D eigenvalue weighted by atomic mass is 15.3. The Bertz CT molecular complexity index is 920. The topological polar surface area (TPSA) is 75.9 Å². The zero-order chi connectivity index (χ0) is 17.7. The van der Waals surface area contributed by atoms with E-state index in [2.05, 4.69) is 41.6 Å². The Morgan fingerprint density at radius 1 is 0.923 bits per heavy atom. The summed E-state index contributed by atoms with van der Waals surface area (Å²) in [5.74, 6) is 3.04. The Morgan fingerprint density at radius 3 is 2.31 bits per heavy atom. The van der Waals surface area contributed by atoms with Crippen LogP contribution in [0.3, 0.4) is 0 Å². The Balaban J connectivity index is 1.33. The maximum Gasteiger partial charge on any atom is 0.225 e. The van der Waals surface area contributed by atoms with E-state index in [-0.39, 0.29) is 0 Å². The van der Waals surface area contributed by atoms with Crippen molar-refractivity contribution in [2.24, 2.45) is 18.9 Å². The van der Waals surface area contributed by atoms with Crippen LogP contribution in [0.4, 0.5) is 11.8 Å². The molecule has 0 spiro atoms. The zero-order valence-electron chi connectivity index (χ0n) is 15.1. The third-order valence-corrected chi connectivity index (χ3v) is 5.65. The van der Waals surface area contributed by atoms with Gasteiger partial charge in [0.1, 0.15) is 6.33 Å². The zero-order valence-corrected chi connectivity index (χ0v) is 15.1. The van der Waals surface area contributed by atoms with Gasteiger partial charge in [0.05, 0.1) is 6.33 Å². The van der Waals surface area contributed by atoms with E-state index >= 15 is 0 Å². The third-order valence-electron chi connectivity index (χ3n) is 5.65. The van der Waals surface area contributed by atoms with Gasteiger partial charge in [0.2, 0.25) is 5.95 Å². The lowest BCUT2D eigenvalue weighted by Gasteiger charge is -2.22. The number of imidazole rings is 1. The van der Waals surface area contributed by atoms with E-state index in [0.29, 0.717) is 11.8 Å². The molecule has 2 atom stereocenters. The number of rotatable bonds is 3. The van der Waals surface area contributed by atoms with Crippen molar-refractivity contribution in [1.29, 1.82) is 0 Å². The summed E-state index contributed by atoms with van der Waals surface area (Å²) in [5, 5.41) is 0. The number of aryl methyl sites for hydroxylation is 2. The number of hydrogen-bond donors (Lipinski definition) is 0. The van der Waals surface area contributed by atoms with Crippen LogP contribution in [0.15, 0.2) is 25.0 Å². The summed E-state index contributed by atoms with van der Waals surface area (Å²) in [6.07, 6.45) is 8.31. The highest BCUT2D eigenvalue weighted by molar-refractivity contribution is 5.83. The second-order valence-corrected chi connectivity index (χ2v) is 7.30. The fourth-order valence-corrected chi connectivity index (χ4v) is 4.19. The summed E-state index contributed by atoms with van der Waals surface area (Å²) < 4.78 is 1.94. The highest BCUT2D eigenvalue weighted by Gasteiger charge is 2.41. The first-order chi connectivity index (χ1) is 12.7. The van der Waals surface area contributed by atoms with Gasteiger partial charge in [0.15, 0.2) is 17.0 Å². The van der Waals surface area contributed by atoms with E-state index in [1.807, 2.05) is 24.0 Å². The van der Waals surface area contributed by atoms with Crippen LogP contribution in [0.5, 0.6) is 0 Å². The molecule has 26 heavy (non-hydrogen) atoms. The van der Waals surface area contributed by atoms with Crippen molar-refractivity contribution < 1.29 is 0 Å². The van der Waals surface area contributed by atoms with Gasteiger partial charge in [-0.3, -0.25) is 0 Å². The second kappa shape index (κ2) is 5.89. The first-order valence-corrected chi connectivity index (χ1v) is 9.15. The first kappa shape index (κ1) is 15.5. The molecular weight excluding hydrogens is 328 g/mol. The minimum atomic E-state index is 0.609. The van der Waals surface area contributed by atoms with E-state index in [4.69, 9.17) is 0 Å². The molecule has 134 valence electrons. The molecule has 2 saturated heterocycles. The van der Waals surface area contributed by atoms with E-state index in [9.17, 15) is 0 Å². The average Bonchev–Trinajstić information content (AvgIpc) is 3.35. The summed E-state index contributed by atoms with van der Waals surface area (Å²) in [7, 11) is 1.96. The molecule has 2 aliphatic rings. The van der Waals surface area contributed by atoms with Crippen molar-refractivity contribution >= 4 is 22.9 Å². The molecule has 2 aliphatic heterocycles. The van der Waals surface area contributed by atoms with Crippen LogP contribution in [0.2, 0.25) is 0 Å². The van der Waals surface area contributed by atoms with E-state index in [1.165, 1.54) is 5.56 Å². The fraction of sp³-hybridized carbons (Fsp3) is 0.500. The molecule has 2 fully saturated rings. The molecule has 0 amide bonds. The monoisotopic (exact) mass is 350 g/mol. The summed E-state index contributed by atoms with van der Waals surface area (Å²) in [5.41, 5.74) is 2.96. The summed E-state index contributed by atoms with van der Waals surface area (Å²) in [4.78, 5) is 27.2. The third kappa shape index (κ3) is 2.40. The van der Waals surface area contributed by atoms with Gasteiger partial charge in [-0.2, -0.15) is 0 Å². The SMILES string of the molecule is CCc1cnc(N2CC3CN(c4ncnc5c4ncn5C)CC3C2)nc1. The van der Waals surface area contributed by atoms with Crippen molar-refractivity contribution in [3.05, 3.63) is 30.6 Å². The molecule has 0 aliphatic carbocycles. The predicted molar refractivity (Wildman–Crippen MR) is 99.1 cm³/mol.